The van der Waals surface area contributed by atoms with Crippen molar-refractivity contribution in [1.29, 1.82) is 5.26 Å². The maximum absolute atomic E-state index is 9.76. The minimum absolute atomic E-state index is 0.560. The van der Waals surface area contributed by atoms with Gasteiger partial charge in [-0.3, -0.25) is 4.57 Å². The van der Waals surface area contributed by atoms with Gasteiger partial charge >= 0.3 is 0 Å². The van der Waals surface area contributed by atoms with Gasteiger partial charge in [0.2, 0.25) is 5.95 Å². The fraction of sp³-hybridized carbons (Fsp3) is 0. The Labute approximate surface area is 482 Å². The third-order valence-corrected chi connectivity index (χ3v) is 17.0. The molecule has 84 heavy (non-hydrogen) atoms. The summed E-state index contributed by atoms with van der Waals surface area (Å²) in [7, 11) is 0. The number of benzene rings is 12. The zero-order valence-corrected chi connectivity index (χ0v) is 45.3. The topological polar surface area (TPSA) is 69.3 Å². The Morgan fingerprint density at radius 2 is 0.524 bits per heavy atom. The van der Waals surface area contributed by atoms with Gasteiger partial charge in [-0.25, -0.2) is 9.97 Å². The molecule has 17 aromatic rings. The van der Waals surface area contributed by atoms with Gasteiger partial charge in [-0.15, -0.1) is 0 Å². The summed E-state index contributed by atoms with van der Waals surface area (Å²) in [6.45, 7) is 0. The molecule has 390 valence electrons. The Morgan fingerprint density at radius 1 is 0.238 bits per heavy atom. The smallest absolute Gasteiger partial charge is 0.235 e. The van der Waals surface area contributed by atoms with Crippen LogP contribution >= 0.6 is 0 Å². The molecule has 0 saturated carbocycles. The molecule has 0 N–H and O–H groups in total. The molecule has 12 aromatic carbocycles. The Balaban J connectivity index is 0.767. The van der Waals surface area contributed by atoms with Crippen molar-refractivity contribution in [2.75, 3.05) is 0 Å². The van der Waals surface area contributed by atoms with Crippen LogP contribution in [0.2, 0.25) is 0 Å². The van der Waals surface area contributed by atoms with Crippen LogP contribution in [-0.4, -0.2) is 28.2 Å². The van der Waals surface area contributed by atoms with Gasteiger partial charge in [0.15, 0.2) is 0 Å². The predicted octanol–water partition coefficient (Wildman–Crippen LogP) is 19.4. The summed E-state index contributed by atoms with van der Waals surface area (Å²) in [4.78, 5) is 10.8. The molecule has 0 unspecified atom stereocenters. The van der Waals surface area contributed by atoms with E-state index in [0.717, 1.165) is 83.5 Å². The van der Waals surface area contributed by atoms with Gasteiger partial charge in [0.25, 0.3) is 0 Å². The van der Waals surface area contributed by atoms with Crippen LogP contribution in [0.5, 0.6) is 0 Å². The second-order valence-electron chi connectivity index (χ2n) is 21.7. The molecule has 0 spiro atoms. The number of nitriles is 1. The molecule has 0 atom stereocenters. The average molecular weight is 1070 g/mol. The lowest BCUT2D eigenvalue weighted by atomic mass is 10.0. The normalized spacial score (nSPS) is 11.8. The zero-order valence-electron chi connectivity index (χ0n) is 45.3. The van der Waals surface area contributed by atoms with E-state index in [0.29, 0.717) is 11.5 Å². The number of nitrogens with zero attached hydrogens (tertiary/aromatic N) is 7. The summed E-state index contributed by atoms with van der Waals surface area (Å²) in [6.07, 6.45) is 0. The molecular weight excluding hydrogens is 1020 g/mol. The van der Waals surface area contributed by atoms with Gasteiger partial charge in [-0.05, 0) is 150 Å². The third kappa shape index (κ3) is 7.38. The highest BCUT2D eigenvalue weighted by Crippen LogP contribution is 2.42. The maximum Gasteiger partial charge on any atom is 0.235 e. The van der Waals surface area contributed by atoms with Gasteiger partial charge in [0, 0.05) is 71.3 Å². The first-order valence-electron chi connectivity index (χ1n) is 28.4. The van der Waals surface area contributed by atoms with Crippen molar-refractivity contribution in [1.82, 2.24) is 28.2 Å². The van der Waals surface area contributed by atoms with Gasteiger partial charge in [0.05, 0.1) is 67.2 Å². The van der Waals surface area contributed by atoms with Crippen LogP contribution in [0.15, 0.2) is 285 Å². The lowest BCUT2D eigenvalue weighted by Gasteiger charge is -2.13. The molecule has 0 aliphatic rings. The van der Waals surface area contributed by atoms with Crippen LogP contribution in [0, 0.1) is 11.3 Å². The fourth-order valence-electron chi connectivity index (χ4n) is 13.1. The highest BCUT2D eigenvalue weighted by atomic mass is 15.2. The highest BCUT2D eigenvalue weighted by Gasteiger charge is 2.21. The number of aromatic nitrogens is 6. The largest absolute Gasteiger partial charge is 0.309 e. The summed E-state index contributed by atoms with van der Waals surface area (Å²) < 4.78 is 9.29. The van der Waals surface area contributed by atoms with Crippen LogP contribution < -0.4 is 0 Å². The second kappa shape index (κ2) is 18.7. The van der Waals surface area contributed by atoms with Crippen molar-refractivity contribution in [3.8, 4) is 73.8 Å². The highest BCUT2D eigenvalue weighted by molar-refractivity contribution is 6.15. The van der Waals surface area contributed by atoms with E-state index in [1.165, 1.54) is 65.5 Å². The van der Waals surface area contributed by atoms with E-state index in [4.69, 9.17) is 9.97 Å². The van der Waals surface area contributed by atoms with Gasteiger partial charge in [0.1, 0.15) is 0 Å². The lowest BCUT2D eigenvalue weighted by Crippen LogP contribution is -2.04. The molecule has 17 rings (SSSR count). The molecule has 5 heterocycles. The SMILES string of the molecule is N#Cc1ccc(-c2cc(-c3ccc(-n4c5ccccc5c5cc(-c6ccc7c(c6)c6ccccc6n7-c6ccccc6)ccc54)cc3)nc(-n3c4ccccc4c4cc(-c5ccc6c(c5)c5ccccc5n6-c5ccccc5)ccc43)n2)cc1. The first kappa shape index (κ1) is 47.2. The van der Waals surface area contributed by atoms with E-state index in [1.54, 1.807) is 0 Å². The molecule has 0 saturated heterocycles. The molecule has 5 aromatic heterocycles. The summed E-state index contributed by atoms with van der Waals surface area (Å²) in [5.41, 5.74) is 21.0. The fourth-order valence-corrected chi connectivity index (χ4v) is 13.1. The number of para-hydroxylation sites is 6. The van der Waals surface area contributed by atoms with E-state index in [1.807, 2.05) is 24.3 Å². The molecule has 0 radical (unpaired) electrons. The van der Waals surface area contributed by atoms with Crippen molar-refractivity contribution >= 4 is 87.2 Å². The van der Waals surface area contributed by atoms with E-state index in [-0.39, 0.29) is 0 Å². The Bertz CT molecular complexity index is 5540. The van der Waals surface area contributed by atoms with Gasteiger partial charge < -0.3 is 13.7 Å². The van der Waals surface area contributed by atoms with E-state index in [9.17, 15) is 5.26 Å². The van der Waals surface area contributed by atoms with E-state index < -0.39 is 0 Å². The number of fused-ring (bicyclic) bond motifs is 12. The quantitative estimate of drug-likeness (QED) is 0.152. The Morgan fingerprint density at radius 3 is 0.893 bits per heavy atom. The van der Waals surface area contributed by atoms with Crippen molar-refractivity contribution in [3.63, 3.8) is 0 Å². The molecule has 0 amide bonds. The Kier molecular flexibility index (Phi) is 10.5. The lowest BCUT2D eigenvalue weighted by molar-refractivity contribution is 0.995. The van der Waals surface area contributed by atoms with Crippen LogP contribution in [0.3, 0.4) is 0 Å². The van der Waals surface area contributed by atoms with E-state index in [2.05, 4.69) is 285 Å². The van der Waals surface area contributed by atoms with Crippen molar-refractivity contribution in [2.45, 2.75) is 0 Å². The number of hydrogen-bond acceptors (Lipinski definition) is 3. The second-order valence-corrected chi connectivity index (χ2v) is 21.7. The summed E-state index contributed by atoms with van der Waals surface area (Å²) in [6, 6.07) is 104. The number of rotatable bonds is 8. The van der Waals surface area contributed by atoms with Crippen molar-refractivity contribution < 1.29 is 0 Å². The summed E-state index contributed by atoms with van der Waals surface area (Å²) >= 11 is 0. The zero-order chi connectivity index (χ0) is 55.4. The van der Waals surface area contributed by atoms with Crippen LogP contribution in [0.25, 0.3) is 155 Å². The van der Waals surface area contributed by atoms with E-state index >= 15 is 0 Å². The van der Waals surface area contributed by atoms with Crippen molar-refractivity contribution in [3.05, 3.63) is 291 Å². The maximum atomic E-state index is 9.76. The summed E-state index contributed by atoms with van der Waals surface area (Å²) in [5, 5.41) is 19.3. The summed E-state index contributed by atoms with van der Waals surface area (Å²) in [5.74, 6) is 0.560. The molecule has 0 bridgehead atoms. The molecule has 7 heteroatoms. The van der Waals surface area contributed by atoms with Crippen molar-refractivity contribution in [2.24, 2.45) is 0 Å². The first-order chi connectivity index (χ1) is 41.6. The van der Waals surface area contributed by atoms with Gasteiger partial charge in [-0.1, -0.05) is 158 Å². The van der Waals surface area contributed by atoms with Crippen LogP contribution in [-0.2, 0) is 0 Å². The minimum Gasteiger partial charge on any atom is -0.309 e. The van der Waals surface area contributed by atoms with Gasteiger partial charge in [-0.2, -0.15) is 5.26 Å². The molecule has 7 nitrogen and oxygen atoms in total. The minimum atomic E-state index is 0.560. The molecule has 0 fully saturated rings. The number of hydrogen-bond donors (Lipinski definition) is 0. The average Bonchev–Trinajstić information content (AvgIpc) is 4.30. The molecular formula is C77H47N7. The Hall–Kier alpha value is -11.6. The third-order valence-electron chi connectivity index (χ3n) is 17.0. The molecule has 0 aliphatic carbocycles. The standard InChI is InChI=1S/C77H47N7/c78-48-49-27-29-50(30-28-49)67-47-68(80-77(79-67)84-72-26-14-10-22-62(72)66-46-55(36-42-76(66)84)54-34-40-74-64(44-54)60-20-8-12-24-70(60)82(74)57-17-5-2-6-18-57)51-31-37-58(38-32-51)83-71-25-13-9-21-61(71)65-45-53(35-41-75(65)83)52-33-39-73-63(43-52)59-19-7-11-23-69(59)81(73)56-15-3-1-4-16-56/h1-47H. The van der Waals surface area contributed by atoms with Crippen LogP contribution in [0.4, 0.5) is 0 Å². The molecule has 0 aliphatic heterocycles. The monoisotopic (exact) mass is 1070 g/mol. The predicted molar refractivity (Wildman–Crippen MR) is 346 cm³/mol. The van der Waals surface area contributed by atoms with Crippen LogP contribution in [0.1, 0.15) is 5.56 Å². The first-order valence-corrected chi connectivity index (χ1v) is 28.4.